The molecule has 3 nitrogen and oxygen atoms in total. The zero-order chi connectivity index (χ0) is 17.2. The highest BCUT2D eigenvalue weighted by molar-refractivity contribution is 5.75. The van der Waals surface area contributed by atoms with Gasteiger partial charge in [-0.25, -0.2) is 0 Å². The monoisotopic (exact) mass is 314 g/mol. The van der Waals surface area contributed by atoms with E-state index in [1.165, 1.54) is 5.56 Å². The van der Waals surface area contributed by atoms with E-state index in [0.717, 1.165) is 17.5 Å². The first-order valence-corrected chi connectivity index (χ1v) is 7.89. The number of hydrogen-bond donors (Lipinski definition) is 2. The molecule has 0 unspecified atom stereocenters. The second-order valence-electron chi connectivity index (χ2n) is 5.92. The Morgan fingerprint density at radius 1 is 0.957 bits per heavy atom. The average molecular weight is 314 g/mol. The van der Waals surface area contributed by atoms with Crippen LogP contribution in [0.4, 0.5) is 0 Å². The number of rotatable bonds is 5. The first-order chi connectivity index (χ1) is 10.9. The maximum absolute atomic E-state index is 10.6. The molecule has 0 saturated carbocycles. The number of carbonyl (C=O) groups is 1. The van der Waals surface area contributed by atoms with Gasteiger partial charge in [-0.15, -0.1) is 0 Å². The maximum atomic E-state index is 10.6. The van der Waals surface area contributed by atoms with Gasteiger partial charge in [-0.1, -0.05) is 50.2 Å². The number of carbonyl (C=O) groups excluding carboxylic acids is 1. The minimum Gasteiger partial charge on any atom is -0.508 e. The Labute approximate surface area is 138 Å². The van der Waals surface area contributed by atoms with Gasteiger partial charge < -0.3 is 15.0 Å². The number of Topliss-reactive ketones (excluding diaryl/α,β-unsaturated/α-hetero) is 1. The number of phenolic OH excluding ortho intramolecular Hbond substituents is 1. The van der Waals surface area contributed by atoms with Gasteiger partial charge in [0.25, 0.3) is 0 Å². The smallest absolute Gasteiger partial charge is 0.130 e. The molecule has 124 valence electrons. The van der Waals surface area contributed by atoms with E-state index in [1.807, 2.05) is 24.3 Å². The van der Waals surface area contributed by atoms with E-state index in [1.54, 1.807) is 19.1 Å². The van der Waals surface area contributed by atoms with Crippen LogP contribution in [0.2, 0.25) is 0 Å². The summed E-state index contributed by atoms with van der Waals surface area (Å²) in [5.74, 6) is 1.03. The van der Waals surface area contributed by atoms with Crippen LogP contribution in [0.1, 0.15) is 49.8 Å². The van der Waals surface area contributed by atoms with E-state index in [4.69, 9.17) is 10.2 Å². The fraction of sp³-hybridized carbons (Fsp3) is 0.350. The lowest BCUT2D eigenvalue weighted by Gasteiger charge is -2.04. The number of aryl methyl sites for hydroxylation is 1. The summed E-state index contributed by atoms with van der Waals surface area (Å²) in [4.78, 5) is 10.6. The van der Waals surface area contributed by atoms with Crippen LogP contribution in [0, 0.1) is 0 Å². The lowest BCUT2D eigenvalue weighted by atomic mass is 10.0. The number of ketones is 1. The minimum absolute atomic E-state index is 0.137. The molecule has 0 spiro atoms. The van der Waals surface area contributed by atoms with Gasteiger partial charge >= 0.3 is 0 Å². The predicted molar refractivity (Wildman–Crippen MR) is 93.6 cm³/mol. The molecule has 0 aromatic heterocycles. The first-order valence-electron chi connectivity index (χ1n) is 7.89. The van der Waals surface area contributed by atoms with Crippen molar-refractivity contribution in [2.75, 3.05) is 0 Å². The zero-order valence-electron chi connectivity index (χ0n) is 14.1. The van der Waals surface area contributed by atoms with Crippen molar-refractivity contribution in [3.05, 3.63) is 65.2 Å². The Morgan fingerprint density at radius 3 is 1.91 bits per heavy atom. The van der Waals surface area contributed by atoms with Crippen LogP contribution in [-0.2, 0) is 17.8 Å². The summed E-state index contributed by atoms with van der Waals surface area (Å²) in [5, 5.41) is 17.7. The quantitative estimate of drug-likeness (QED) is 0.869. The Bertz CT molecular complexity index is 583. The number of aliphatic hydroxyl groups excluding tert-OH is 1. The van der Waals surface area contributed by atoms with Crippen LogP contribution in [0.3, 0.4) is 0 Å². The molecule has 2 N–H and O–H groups in total. The summed E-state index contributed by atoms with van der Waals surface area (Å²) in [6.45, 7) is 6.04. The van der Waals surface area contributed by atoms with Crippen molar-refractivity contribution in [1.29, 1.82) is 0 Å². The summed E-state index contributed by atoms with van der Waals surface area (Å²) >= 11 is 0. The summed E-state index contributed by atoms with van der Waals surface area (Å²) in [6, 6.07) is 15.0. The molecule has 0 aliphatic rings. The second kappa shape index (κ2) is 9.80. The third-order valence-corrected chi connectivity index (χ3v) is 3.53. The fourth-order valence-corrected chi connectivity index (χ4v) is 1.99. The second-order valence-corrected chi connectivity index (χ2v) is 5.92. The maximum Gasteiger partial charge on any atom is 0.130 e. The Kier molecular flexibility index (Phi) is 8.06. The number of phenols is 1. The lowest BCUT2D eigenvalue weighted by molar-refractivity contribution is -0.116. The van der Waals surface area contributed by atoms with Crippen molar-refractivity contribution in [2.45, 2.75) is 46.1 Å². The standard InChI is InChI=1S/C10H12O2.C10H14O/c1-8(11)2-3-9-4-6-10(12)7-5-9;1-8(2)10-5-3-9(7-11)4-6-10/h4-7,12H,2-3H2,1H3;3-6,8,11H,7H2,1-2H3. The molecule has 0 aliphatic carbocycles. The molecule has 0 radical (unpaired) electrons. The topological polar surface area (TPSA) is 57.5 Å². The normalized spacial score (nSPS) is 10.1. The van der Waals surface area contributed by atoms with Crippen molar-refractivity contribution in [2.24, 2.45) is 0 Å². The molecule has 3 heteroatoms. The molecule has 0 heterocycles. The number of benzene rings is 2. The molecule has 0 atom stereocenters. The van der Waals surface area contributed by atoms with Crippen LogP contribution in [0.15, 0.2) is 48.5 Å². The summed E-state index contributed by atoms with van der Waals surface area (Å²) in [7, 11) is 0. The molecule has 2 aromatic carbocycles. The van der Waals surface area contributed by atoms with Crippen molar-refractivity contribution in [3.63, 3.8) is 0 Å². The van der Waals surface area contributed by atoms with Gasteiger partial charge in [0.2, 0.25) is 0 Å². The van der Waals surface area contributed by atoms with E-state index in [2.05, 4.69) is 26.0 Å². The number of hydrogen-bond acceptors (Lipinski definition) is 3. The van der Waals surface area contributed by atoms with Gasteiger partial charge in [-0.05, 0) is 48.1 Å². The SMILES string of the molecule is CC(=O)CCc1ccc(O)cc1.CC(C)c1ccc(CO)cc1. The number of aliphatic hydroxyl groups is 1. The van der Waals surface area contributed by atoms with E-state index in [-0.39, 0.29) is 18.1 Å². The van der Waals surface area contributed by atoms with Crippen molar-refractivity contribution < 1.29 is 15.0 Å². The van der Waals surface area contributed by atoms with Crippen molar-refractivity contribution in [1.82, 2.24) is 0 Å². The van der Waals surface area contributed by atoms with Crippen LogP contribution >= 0.6 is 0 Å². The molecule has 0 aliphatic heterocycles. The summed E-state index contributed by atoms with van der Waals surface area (Å²) < 4.78 is 0. The molecular formula is C20H26O3. The van der Waals surface area contributed by atoms with E-state index in [9.17, 15) is 4.79 Å². The first kappa shape index (κ1) is 18.9. The molecule has 0 bridgehead atoms. The molecule has 23 heavy (non-hydrogen) atoms. The largest absolute Gasteiger partial charge is 0.508 e. The fourth-order valence-electron chi connectivity index (χ4n) is 1.99. The molecule has 0 fully saturated rings. The highest BCUT2D eigenvalue weighted by atomic mass is 16.3. The lowest BCUT2D eigenvalue weighted by Crippen LogP contribution is -1.93. The van der Waals surface area contributed by atoms with E-state index >= 15 is 0 Å². The van der Waals surface area contributed by atoms with Crippen molar-refractivity contribution >= 4 is 5.78 Å². The van der Waals surface area contributed by atoms with Gasteiger partial charge in [-0.2, -0.15) is 0 Å². The highest BCUT2D eigenvalue weighted by Gasteiger charge is 1.97. The Balaban J connectivity index is 0.000000231. The third-order valence-electron chi connectivity index (χ3n) is 3.53. The Morgan fingerprint density at radius 2 is 1.48 bits per heavy atom. The molecule has 0 amide bonds. The molecule has 2 aromatic rings. The minimum atomic E-state index is 0.137. The molecule has 2 rings (SSSR count). The van der Waals surface area contributed by atoms with Gasteiger partial charge in [0.1, 0.15) is 11.5 Å². The zero-order valence-corrected chi connectivity index (χ0v) is 14.1. The van der Waals surface area contributed by atoms with Crippen LogP contribution < -0.4 is 0 Å². The van der Waals surface area contributed by atoms with Crippen LogP contribution in [0.5, 0.6) is 5.75 Å². The summed E-state index contributed by atoms with van der Waals surface area (Å²) in [6.07, 6.45) is 1.33. The van der Waals surface area contributed by atoms with E-state index < -0.39 is 0 Å². The van der Waals surface area contributed by atoms with E-state index in [0.29, 0.717) is 12.3 Å². The highest BCUT2D eigenvalue weighted by Crippen LogP contribution is 2.14. The summed E-state index contributed by atoms with van der Waals surface area (Å²) in [5.41, 5.74) is 3.39. The Hall–Kier alpha value is -2.13. The van der Waals surface area contributed by atoms with Gasteiger partial charge in [-0.3, -0.25) is 0 Å². The average Bonchev–Trinajstić information content (AvgIpc) is 2.55. The predicted octanol–water partition coefficient (Wildman–Crippen LogP) is 4.22. The number of aromatic hydroxyl groups is 1. The third kappa shape index (κ3) is 7.61. The van der Waals surface area contributed by atoms with Crippen LogP contribution in [-0.4, -0.2) is 16.0 Å². The van der Waals surface area contributed by atoms with Gasteiger partial charge in [0.05, 0.1) is 6.61 Å². The van der Waals surface area contributed by atoms with Gasteiger partial charge in [0.15, 0.2) is 0 Å². The molecular weight excluding hydrogens is 288 g/mol. The van der Waals surface area contributed by atoms with Crippen molar-refractivity contribution in [3.8, 4) is 5.75 Å². The van der Waals surface area contributed by atoms with Gasteiger partial charge in [0, 0.05) is 6.42 Å². The van der Waals surface area contributed by atoms with Crippen LogP contribution in [0.25, 0.3) is 0 Å². The molecule has 0 saturated heterocycles.